The fourth-order valence-corrected chi connectivity index (χ4v) is 6.68. The molecule has 1 spiro atoms. The summed E-state index contributed by atoms with van der Waals surface area (Å²) in [6.45, 7) is 1.94. The molecule has 0 fully saturated rings. The summed E-state index contributed by atoms with van der Waals surface area (Å²) < 4.78 is 19.3. The van der Waals surface area contributed by atoms with Crippen LogP contribution in [0, 0.1) is 5.82 Å². The Morgan fingerprint density at radius 2 is 1.60 bits per heavy atom. The molecule has 42 heavy (non-hydrogen) atoms. The first-order valence-corrected chi connectivity index (χ1v) is 13.9. The number of pyridine rings is 1. The van der Waals surface area contributed by atoms with Gasteiger partial charge in [-0.2, -0.15) is 0 Å². The molecule has 0 amide bonds. The van der Waals surface area contributed by atoms with Gasteiger partial charge in [-0.25, -0.2) is 4.39 Å². The molecule has 2 aliphatic carbocycles. The summed E-state index contributed by atoms with van der Waals surface area (Å²) in [4.78, 5) is 4.60. The van der Waals surface area contributed by atoms with Gasteiger partial charge in [-0.1, -0.05) is 42.5 Å². The van der Waals surface area contributed by atoms with Crippen LogP contribution in [0.15, 0.2) is 73.0 Å². The third kappa shape index (κ3) is 3.72. The Labute approximate surface area is 241 Å². The van der Waals surface area contributed by atoms with Crippen LogP contribution in [0.2, 0.25) is 0 Å². The van der Waals surface area contributed by atoms with E-state index in [1.165, 1.54) is 12.1 Å². The minimum Gasteiger partial charge on any atom is -0.507 e. The number of halogens is 1. The Bertz CT molecular complexity index is 2130. The van der Waals surface area contributed by atoms with E-state index >= 15 is 0 Å². The lowest BCUT2D eigenvalue weighted by molar-refractivity contribution is 0.414. The number of hydrogen-bond acceptors (Lipinski definition) is 5. The molecule has 1 atom stereocenters. The smallest absolute Gasteiger partial charge is 0.131 e. The van der Waals surface area contributed by atoms with Crippen molar-refractivity contribution in [2.24, 2.45) is 0 Å². The average molecular weight is 558 g/mol. The molecule has 0 bridgehead atoms. The molecule has 5 aromatic rings. The van der Waals surface area contributed by atoms with Crippen LogP contribution in [0.3, 0.4) is 0 Å². The molecular formula is C36H28FNO4. The molecule has 0 aliphatic heterocycles. The van der Waals surface area contributed by atoms with Crippen molar-refractivity contribution in [2.45, 2.75) is 25.2 Å². The lowest BCUT2D eigenvalue weighted by Crippen LogP contribution is -2.22. The number of phenols is 3. The molecule has 2 aliphatic rings. The first-order chi connectivity index (χ1) is 20.3. The van der Waals surface area contributed by atoms with E-state index in [0.29, 0.717) is 50.8 Å². The van der Waals surface area contributed by atoms with Crippen molar-refractivity contribution < 1.29 is 24.4 Å². The van der Waals surface area contributed by atoms with Crippen LogP contribution in [0.5, 0.6) is 23.0 Å². The second kappa shape index (κ2) is 9.48. The maximum absolute atomic E-state index is 14.0. The molecular weight excluding hydrogens is 529 g/mol. The number of aromatic nitrogens is 1. The molecule has 208 valence electrons. The van der Waals surface area contributed by atoms with Gasteiger partial charge in [-0.05, 0) is 84.3 Å². The fraction of sp³-hybridized carbons (Fsp3) is 0.139. The van der Waals surface area contributed by atoms with Gasteiger partial charge in [-0.3, -0.25) is 4.98 Å². The molecule has 7 rings (SSSR count). The number of ether oxygens (including phenoxy) is 1. The summed E-state index contributed by atoms with van der Waals surface area (Å²) in [6, 6.07) is 13.5. The predicted octanol–water partition coefficient (Wildman–Crippen LogP) is 6.37. The standard InChI is InChI=1S/C36H28FNO4/c1-3-4-5-6-22-15-26-30(19-38-22)35(41)32-25(31(26)20-7-9-21(37)10-8-20)13-14-36(32)17-28-29(18-36)34(40)27-16-23(42-2)11-12-24(27)33(28)39/h3-12,15-19,39-41H,13-14H2,1-2H3/b4-3+,6-5+/t36-/m0/s1. The largest absolute Gasteiger partial charge is 0.507 e. The highest BCUT2D eigenvalue weighted by atomic mass is 19.1. The van der Waals surface area contributed by atoms with Gasteiger partial charge < -0.3 is 20.1 Å². The highest BCUT2D eigenvalue weighted by molar-refractivity contribution is 6.05. The summed E-state index contributed by atoms with van der Waals surface area (Å²) in [5.74, 6) is 0.483. The lowest BCUT2D eigenvalue weighted by Gasteiger charge is -2.24. The zero-order chi connectivity index (χ0) is 29.2. The van der Waals surface area contributed by atoms with Crippen molar-refractivity contribution in [1.29, 1.82) is 0 Å². The summed E-state index contributed by atoms with van der Waals surface area (Å²) in [6.07, 6.45) is 14.5. The zero-order valence-electron chi connectivity index (χ0n) is 23.1. The quantitative estimate of drug-likeness (QED) is 0.177. The van der Waals surface area contributed by atoms with E-state index in [2.05, 4.69) is 4.98 Å². The van der Waals surface area contributed by atoms with E-state index in [9.17, 15) is 19.7 Å². The molecule has 1 aromatic heterocycles. The zero-order valence-corrected chi connectivity index (χ0v) is 23.1. The number of methoxy groups -OCH3 is 1. The second-order valence-corrected chi connectivity index (χ2v) is 10.9. The highest BCUT2D eigenvalue weighted by Crippen LogP contribution is 2.54. The number of rotatable bonds is 4. The van der Waals surface area contributed by atoms with Crippen molar-refractivity contribution in [3.8, 4) is 34.1 Å². The van der Waals surface area contributed by atoms with Gasteiger partial charge >= 0.3 is 0 Å². The van der Waals surface area contributed by atoms with Crippen molar-refractivity contribution in [2.75, 3.05) is 7.11 Å². The summed E-state index contributed by atoms with van der Waals surface area (Å²) in [5, 5.41) is 38.1. The first-order valence-electron chi connectivity index (χ1n) is 13.9. The Hall–Kier alpha value is -5.10. The third-order valence-corrected chi connectivity index (χ3v) is 8.59. The summed E-state index contributed by atoms with van der Waals surface area (Å²) in [7, 11) is 1.55. The SMILES string of the molecule is C/C=C/C=C/c1cc2c(-c3ccc(F)cc3)c3c(c(O)c2cn1)[C@]1(C=c2c(O)c4ccc(OC)cc4c(O)c2=C1)CC3. The molecule has 0 radical (unpaired) electrons. The molecule has 5 nitrogen and oxygen atoms in total. The number of aromatic hydroxyl groups is 3. The Kier molecular flexibility index (Phi) is 5.84. The van der Waals surface area contributed by atoms with Crippen LogP contribution in [-0.4, -0.2) is 27.4 Å². The van der Waals surface area contributed by atoms with E-state index in [1.54, 1.807) is 43.6 Å². The Balaban J connectivity index is 1.54. The summed E-state index contributed by atoms with van der Waals surface area (Å²) >= 11 is 0. The average Bonchev–Trinajstić information content (AvgIpc) is 3.58. The van der Waals surface area contributed by atoms with E-state index in [0.717, 1.165) is 27.8 Å². The Morgan fingerprint density at radius 3 is 2.31 bits per heavy atom. The van der Waals surface area contributed by atoms with Crippen LogP contribution in [-0.2, 0) is 11.8 Å². The third-order valence-electron chi connectivity index (χ3n) is 8.59. The van der Waals surface area contributed by atoms with E-state index < -0.39 is 5.41 Å². The van der Waals surface area contributed by atoms with Crippen molar-refractivity contribution in [3.63, 3.8) is 0 Å². The van der Waals surface area contributed by atoms with Gasteiger partial charge in [0.1, 0.15) is 28.8 Å². The van der Waals surface area contributed by atoms with Gasteiger partial charge in [0.2, 0.25) is 0 Å². The maximum Gasteiger partial charge on any atom is 0.131 e. The van der Waals surface area contributed by atoms with Crippen LogP contribution in [0.1, 0.15) is 30.2 Å². The minimum atomic E-state index is -0.772. The van der Waals surface area contributed by atoms with Gasteiger partial charge in [0.05, 0.1) is 12.8 Å². The molecule has 3 N–H and O–H groups in total. The van der Waals surface area contributed by atoms with Gasteiger partial charge in [0.15, 0.2) is 0 Å². The first kappa shape index (κ1) is 25.8. The van der Waals surface area contributed by atoms with E-state index in [1.807, 2.05) is 49.4 Å². The molecule has 0 unspecified atom stereocenters. The molecule has 6 heteroatoms. The van der Waals surface area contributed by atoms with Gasteiger partial charge in [0, 0.05) is 43.8 Å². The number of phenolic OH excluding ortho intramolecular Hbond substituents is 3. The maximum atomic E-state index is 14.0. The molecule has 4 aromatic carbocycles. The number of fused-ring (bicyclic) bond motifs is 5. The number of hydrogen-bond donors (Lipinski definition) is 3. The van der Waals surface area contributed by atoms with Crippen molar-refractivity contribution >= 4 is 39.8 Å². The van der Waals surface area contributed by atoms with Crippen LogP contribution in [0.4, 0.5) is 4.39 Å². The van der Waals surface area contributed by atoms with Crippen LogP contribution < -0.4 is 15.2 Å². The number of nitrogens with zero attached hydrogens (tertiary/aromatic N) is 1. The van der Waals surface area contributed by atoms with Crippen molar-refractivity contribution in [3.05, 3.63) is 106 Å². The lowest BCUT2D eigenvalue weighted by atomic mass is 9.80. The number of benzene rings is 4. The van der Waals surface area contributed by atoms with Crippen molar-refractivity contribution in [1.82, 2.24) is 4.98 Å². The molecule has 0 saturated carbocycles. The molecule has 1 heterocycles. The topological polar surface area (TPSA) is 82.8 Å². The fourth-order valence-electron chi connectivity index (χ4n) is 6.68. The Morgan fingerprint density at radius 1 is 0.857 bits per heavy atom. The monoisotopic (exact) mass is 557 g/mol. The van der Waals surface area contributed by atoms with Gasteiger partial charge in [-0.15, -0.1) is 0 Å². The number of allylic oxidation sites excluding steroid dienone is 3. The van der Waals surface area contributed by atoms with Crippen LogP contribution >= 0.6 is 0 Å². The van der Waals surface area contributed by atoms with Crippen LogP contribution in [0.25, 0.3) is 50.9 Å². The van der Waals surface area contributed by atoms with E-state index in [-0.39, 0.29) is 23.1 Å². The molecule has 0 saturated heterocycles. The second-order valence-electron chi connectivity index (χ2n) is 10.9. The normalized spacial score (nSPS) is 17.3. The summed E-state index contributed by atoms with van der Waals surface area (Å²) in [5.41, 5.74) is 3.38. The minimum absolute atomic E-state index is 0.0523. The highest BCUT2D eigenvalue weighted by Gasteiger charge is 2.42. The van der Waals surface area contributed by atoms with Gasteiger partial charge in [0.25, 0.3) is 0 Å². The van der Waals surface area contributed by atoms with E-state index in [4.69, 9.17) is 4.74 Å². The predicted molar refractivity (Wildman–Crippen MR) is 165 cm³/mol.